The Morgan fingerprint density at radius 3 is 3.17 bits per heavy atom. The van der Waals surface area contributed by atoms with Crippen molar-refractivity contribution in [2.45, 2.75) is 12.5 Å². The summed E-state index contributed by atoms with van der Waals surface area (Å²) in [5.41, 5.74) is 1.73. The summed E-state index contributed by atoms with van der Waals surface area (Å²) in [6.45, 7) is 0. The van der Waals surface area contributed by atoms with Crippen LogP contribution >= 0.6 is 11.8 Å². The molecule has 0 aromatic heterocycles. The first kappa shape index (κ1) is 13.0. The number of benzene rings is 1. The Morgan fingerprint density at radius 1 is 1.61 bits per heavy atom. The van der Waals surface area contributed by atoms with Crippen LogP contribution in [0.5, 0.6) is 5.75 Å². The first-order valence-corrected chi connectivity index (χ1v) is 6.77. The third-order valence-electron chi connectivity index (χ3n) is 2.71. The number of methoxy groups -OCH3 is 1. The molecule has 0 aliphatic carbocycles. The van der Waals surface area contributed by atoms with E-state index in [2.05, 4.69) is 4.74 Å². The normalized spacial score (nSPS) is 16.8. The lowest BCUT2D eigenvalue weighted by Crippen LogP contribution is -2.17. The fourth-order valence-corrected chi connectivity index (χ4v) is 2.69. The van der Waals surface area contributed by atoms with Crippen molar-refractivity contribution >= 4 is 24.0 Å². The molecule has 5 heteroatoms. The first-order valence-electron chi connectivity index (χ1n) is 5.62. The van der Waals surface area contributed by atoms with Crippen LogP contribution in [0.25, 0.3) is 0 Å². The van der Waals surface area contributed by atoms with Crippen LogP contribution in [-0.4, -0.2) is 37.0 Å². The SMILES string of the molecule is COC(=O)CSC[C@H]1Cc2cc(C=O)ccc2O1. The van der Waals surface area contributed by atoms with Gasteiger partial charge in [-0.2, -0.15) is 0 Å². The van der Waals surface area contributed by atoms with Gasteiger partial charge >= 0.3 is 5.97 Å². The van der Waals surface area contributed by atoms with Crippen molar-refractivity contribution in [3.63, 3.8) is 0 Å². The highest BCUT2D eigenvalue weighted by Gasteiger charge is 2.23. The molecule has 0 spiro atoms. The third kappa shape index (κ3) is 3.04. The molecule has 0 bridgehead atoms. The monoisotopic (exact) mass is 266 g/mol. The fraction of sp³-hybridized carbons (Fsp3) is 0.385. The van der Waals surface area contributed by atoms with Gasteiger partial charge in [0, 0.05) is 17.7 Å². The molecule has 96 valence electrons. The van der Waals surface area contributed by atoms with Crippen LogP contribution in [0.15, 0.2) is 18.2 Å². The van der Waals surface area contributed by atoms with Gasteiger partial charge in [0.2, 0.25) is 0 Å². The Bertz CT molecular complexity index is 458. The fourth-order valence-electron chi connectivity index (χ4n) is 1.84. The second-order valence-electron chi connectivity index (χ2n) is 4.02. The maximum atomic E-state index is 11.0. The second-order valence-corrected chi connectivity index (χ2v) is 5.05. The molecule has 1 aliphatic rings. The topological polar surface area (TPSA) is 52.6 Å². The number of ether oxygens (including phenoxy) is 2. The molecule has 1 heterocycles. The highest BCUT2D eigenvalue weighted by Crippen LogP contribution is 2.30. The van der Waals surface area contributed by atoms with Gasteiger partial charge in [0.25, 0.3) is 0 Å². The second kappa shape index (κ2) is 5.91. The summed E-state index contributed by atoms with van der Waals surface area (Å²) >= 11 is 1.49. The largest absolute Gasteiger partial charge is 0.489 e. The average Bonchev–Trinajstić information content (AvgIpc) is 2.79. The standard InChI is InChI=1S/C13H14O4S/c1-16-13(15)8-18-7-11-5-10-4-9(6-14)2-3-12(10)17-11/h2-4,6,11H,5,7-8H2,1H3/t11-/m1/s1. The highest BCUT2D eigenvalue weighted by atomic mass is 32.2. The van der Waals surface area contributed by atoms with E-state index in [4.69, 9.17) is 4.74 Å². The van der Waals surface area contributed by atoms with Gasteiger partial charge in [-0.25, -0.2) is 0 Å². The number of thioether (sulfide) groups is 1. The molecule has 4 nitrogen and oxygen atoms in total. The molecule has 0 radical (unpaired) electrons. The van der Waals surface area contributed by atoms with E-state index in [-0.39, 0.29) is 12.1 Å². The van der Waals surface area contributed by atoms with E-state index in [1.165, 1.54) is 18.9 Å². The third-order valence-corrected chi connectivity index (χ3v) is 3.76. The molecule has 0 saturated carbocycles. The first-order chi connectivity index (χ1) is 8.72. The number of rotatable bonds is 5. The molecule has 0 saturated heterocycles. The smallest absolute Gasteiger partial charge is 0.315 e. The van der Waals surface area contributed by atoms with Gasteiger partial charge in [0.15, 0.2) is 0 Å². The number of hydrogen-bond donors (Lipinski definition) is 0. The van der Waals surface area contributed by atoms with Crippen LogP contribution < -0.4 is 4.74 Å². The van der Waals surface area contributed by atoms with Gasteiger partial charge in [-0.05, 0) is 23.8 Å². The summed E-state index contributed by atoms with van der Waals surface area (Å²) in [7, 11) is 1.38. The average molecular weight is 266 g/mol. The predicted molar refractivity (Wildman–Crippen MR) is 69.3 cm³/mol. The molecule has 1 atom stereocenters. The van der Waals surface area contributed by atoms with Crippen LogP contribution in [0.2, 0.25) is 0 Å². The molecule has 1 aromatic carbocycles. The van der Waals surface area contributed by atoms with Crippen LogP contribution in [0.4, 0.5) is 0 Å². The van der Waals surface area contributed by atoms with Crippen LogP contribution in [0, 0.1) is 0 Å². The Hall–Kier alpha value is -1.49. The van der Waals surface area contributed by atoms with Crippen molar-refractivity contribution in [2.75, 3.05) is 18.6 Å². The van der Waals surface area contributed by atoms with Crippen LogP contribution in [-0.2, 0) is 16.0 Å². The van der Waals surface area contributed by atoms with E-state index in [9.17, 15) is 9.59 Å². The number of carbonyl (C=O) groups excluding carboxylic acids is 2. The number of esters is 1. The molecule has 0 N–H and O–H groups in total. The lowest BCUT2D eigenvalue weighted by atomic mass is 10.1. The summed E-state index contributed by atoms with van der Waals surface area (Å²) in [4.78, 5) is 21.6. The minimum absolute atomic E-state index is 0.0663. The quantitative estimate of drug-likeness (QED) is 0.600. The van der Waals surface area contributed by atoms with Crippen molar-refractivity contribution in [2.24, 2.45) is 0 Å². The lowest BCUT2D eigenvalue weighted by molar-refractivity contribution is -0.137. The van der Waals surface area contributed by atoms with E-state index >= 15 is 0 Å². The van der Waals surface area contributed by atoms with Crippen molar-refractivity contribution in [1.82, 2.24) is 0 Å². The maximum absolute atomic E-state index is 11.0. The molecule has 2 rings (SSSR count). The van der Waals surface area contributed by atoms with E-state index in [1.807, 2.05) is 12.1 Å². The number of aldehydes is 1. The summed E-state index contributed by atoms with van der Waals surface area (Å²) in [5, 5.41) is 0. The highest BCUT2D eigenvalue weighted by molar-refractivity contribution is 7.99. The van der Waals surface area contributed by atoms with Gasteiger partial charge in [-0.3, -0.25) is 9.59 Å². The van der Waals surface area contributed by atoms with E-state index < -0.39 is 0 Å². The minimum Gasteiger partial charge on any atom is -0.489 e. The van der Waals surface area contributed by atoms with Crippen molar-refractivity contribution in [3.8, 4) is 5.75 Å². The summed E-state index contributed by atoms with van der Waals surface area (Å²) < 4.78 is 10.3. The van der Waals surface area contributed by atoms with E-state index in [0.29, 0.717) is 11.3 Å². The zero-order valence-electron chi connectivity index (χ0n) is 10.0. The zero-order valence-corrected chi connectivity index (χ0v) is 10.9. The van der Waals surface area contributed by atoms with Gasteiger partial charge in [-0.15, -0.1) is 11.8 Å². The Kier molecular flexibility index (Phi) is 4.25. The molecular weight excluding hydrogens is 252 g/mol. The Balaban J connectivity index is 1.86. The zero-order chi connectivity index (χ0) is 13.0. The predicted octanol–water partition coefficient (Wildman–Crippen LogP) is 1.71. The molecule has 0 unspecified atom stereocenters. The molecular formula is C13H14O4S. The molecule has 0 amide bonds. The van der Waals surface area contributed by atoms with Crippen LogP contribution in [0.1, 0.15) is 15.9 Å². The van der Waals surface area contributed by atoms with Crippen molar-refractivity contribution in [3.05, 3.63) is 29.3 Å². The van der Waals surface area contributed by atoms with Gasteiger partial charge < -0.3 is 9.47 Å². The maximum Gasteiger partial charge on any atom is 0.315 e. The van der Waals surface area contributed by atoms with Crippen molar-refractivity contribution < 1.29 is 19.1 Å². The number of carbonyl (C=O) groups is 2. The molecule has 1 aliphatic heterocycles. The Labute approximate surface area is 110 Å². The summed E-state index contributed by atoms with van der Waals surface area (Å²) in [6.07, 6.45) is 1.68. The molecule has 0 fully saturated rings. The van der Waals surface area contributed by atoms with Gasteiger partial charge in [-0.1, -0.05) is 0 Å². The van der Waals surface area contributed by atoms with Crippen LogP contribution in [0.3, 0.4) is 0 Å². The summed E-state index contributed by atoms with van der Waals surface area (Å²) in [6, 6.07) is 5.42. The van der Waals surface area contributed by atoms with E-state index in [1.54, 1.807) is 6.07 Å². The number of fused-ring (bicyclic) bond motifs is 1. The lowest BCUT2D eigenvalue weighted by Gasteiger charge is -2.09. The van der Waals surface area contributed by atoms with E-state index in [0.717, 1.165) is 29.8 Å². The minimum atomic E-state index is -0.223. The number of hydrogen-bond acceptors (Lipinski definition) is 5. The molecule has 1 aromatic rings. The van der Waals surface area contributed by atoms with Gasteiger partial charge in [0.1, 0.15) is 18.1 Å². The summed E-state index contributed by atoms with van der Waals surface area (Å²) in [5.74, 6) is 1.69. The molecule has 18 heavy (non-hydrogen) atoms. The Morgan fingerprint density at radius 2 is 2.44 bits per heavy atom. The van der Waals surface area contributed by atoms with Crippen molar-refractivity contribution in [1.29, 1.82) is 0 Å². The van der Waals surface area contributed by atoms with Gasteiger partial charge in [0.05, 0.1) is 12.9 Å².